The van der Waals surface area contributed by atoms with Crippen LogP contribution in [0.1, 0.15) is 24.8 Å². The number of thioether (sulfide) groups is 1. The number of hydrogen-bond acceptors (Lipinski definition) is 4. The second kappa shape index (κ2) is 6.65. The molecule has 1 aromatic rings. The van der Waals surface area contributed by atoms with Gasteiger partial charge < -0.3 is 4.74 Å². The molecule has 3 nitrogen and oxygen atoms in total. The smallest absolute Gasteiger partial charge is 0.123 e. The third-order valence-electron chi connectivity index (χ3n) is 4.75. The molecule has 0 radical (unpaired) electrons. The first-order chi connectivity index (χ1) is 10.2. The molecule has 3 rings (SSSR count). The minimum absolute atomic E-state index is 0.0749. The van der Waals surface area contributed by atoms with Crippen LogP contribution < -0.4 is 11.3 Å². The summed E-state index contributed by atoms with van der Waals surface area (Å²) < 4.78 is 19.1. The van der Waals surface area contributed by atoms with Gasteiger partial charge in [-0.1, -0.05) is 12.1 Å². The highest BCUT2D eigenvalue weighted by molar-refractivity contribution is 7.99. The van der Waals surface area contributed by atoms with E-state index in [0.29, 0.717) is 5.92 Å². The summed E-state index contributed by atoms with van der Waals surface area (Å²) in [4.78, 5) is 0. The molecule has 2 heterocycles. The van der Waals surface area contributed by atoms with E-state index in [9.17, 15) is 4.39 Å². The fraction of sp³-hybridized carbons (Fsp3) is 0.625. The summed E-state index contributed by atoms with van der Waals surface area (Å²) in [6.07, 6.45) is 4.12. The van der Waals surface area contributed by atoms with E-state index < -0.39 is 0 Å². The Balaban J connectivity index is 1.66. The SMILES string of the molecule is NNC(Cc1ccc(F)cc1)C1CCOC2(CCSC2)C1. The number of halogens is 1. The molecule has 3 unspecified atom stereocenters. The van der Waals surface area contributed by atoms with Gasteiger partial charge in [-0.2, -0.15) is 11.8 Å². The van der Waals surface area contributed by atoms with E-state index in [1.165, 1.54) is 17.9 Å². The van der Waals surface area contributed by atoms with Gasteiger partial charge in [0.05, 0.1) is 5.60 Å². The zero-order valence-electron chi connectivity index (χ0n) is 12.2. The Bertz CT molecular complexity index is 462. The van der Waals surface area contributed by atoms with Crippen molar-refractivity contribution in [3.05, 3.63) is 35.6 Å². The van der Waals surface area contributed by atoms with Gasteiger partial charge in [-0.15, -0.1) is 0 Å². The fourth-order valence-corrected chi connectivity index (χ4v) is 4.89. The minimum atomic E-state index is -0.191. The molecule has 1 spiro atoms. The maximum atomic E-state index is 13.0. The Morgan fingerprint density at radius 1 is 1.43 bits per heavy atom. The van der Waals surface area contributed by atoms with Crippen molar-refractivity contribution in [1.29, 1.82) is 0 Å². The van der Waals surface area contributed by atoms with Crippen LogP contribution in [0.15, 0.2) is 24.3 Å². The second-order valence-corrected chi connectivity index (χ2v) is 7.30. The molecule has 2 aliphatic heterocycles. The van der Waals surface area contributed by atoms with Crippen molar-refractivity contribution < 1.29 is 9.13 Å². The molecular formula is C16H23FN2OS. The van der Waals surface area contributed by atoms with Crippen LogP contribution in [0.3, 0.4) is 0 Å². The van der Waals surface area contributed by atoms with E-state index in [-0.39, 0.29) is 17.5 Å². The third kappa shape index (κ3) is 3.59. The van der Waals surface area contributed by atoms with Crippen LogP contribution in [0.25, 0.3) is 0 Å². The summed E-state index contributed by atoms with van der Waals surface area (Å²) in [5.74, 6) is 8.44. The van der Waals surface area contributed by atoms with Gasteiger partial charge in [-0.05, 0) is 55.1 Å². The van der Waals surface area contributed by atoms with Crippen molar-refractivity contribution in [3.63, 3.8) is 0 Å². The van der Waals surface area contributed by atoms with Crippen LogP contribution in [0.4, 0.5) is 4.39 Å². The second-order valence-electron chi connectivity index (χ2n) is 6.19. The average molecular weight is 310 g/mol. The first-order valence-corrected chi connectivity index (χ1v) is 8.78. The standard InChI is InChI=1S/C16H23FN2OS/c17-14-3-1-12(2-4-14)9-15(19-18)13-5-7-20-16(10-13)6-8-21-11-16/h1-4,13,15,19H,5-11,18H2. The highest BCUT2D eigenvalue weighted by atomic mass is 32.2. The maximum absolute atomic E-state index is 13.0. The maximum Gasteiger partial charge on any atom is 0.123 e. The zero-order valence-corrected chi connectivity index (χ0v) is 13.0. The van der Waals surface area contributed by atoms with E-state index in [0.717, 1.165) is 43.6 Å². The molecule has 1 aromatic carbocycles. The van der Waals surface area contributed by atoms with Crippen LogP contribution in [0.5, 0.6) is 0 Å². The van der Waals surface area contributed by atoms with Crippen LogP contribution >= 0.6 is 11.8 Å². The van der Waals surface area contributed by atoms with Crippen molar-refractivity contribution in [2.45, 2.75) is 37.3 Å². The van der Waals surface area contributed by atoms with Gasteiger partial charge in [0.1, 0.15) is 5.82 Å². The topological polar surface area (TPSA) is 47.3 Å². The number of benzene rings is 1. The van der Waals surface area contributed by atoms with E-state index in [2.05, 4.69) is 5.43 Å². The van der Waals surface area contributed by atoms with Crippen LogP contribution in [-0.2, 0) is 11.2 Å². The largest absolute Gasteiger partial charge is 0.374 e. The average Bonchev–Trinajstić information content (AvgIpc) is 2.94. The lowest BCUT2D eigenvalue weighted by Crippen LogP contribution is -2.49. The van der Waals surface area contributed by atoms with Crippen LogP contribution in [0.2, 0.25) is 0 Å². The molecule has 0 aliphatic carbocycles. The Morgan fingerprint density at radius 3 is 2.90 bits per heavy atom. The van der Waals surface area contributed by atoms with Crippen LogP contribution in [-0.4, -0.2) is 29.8 Å². The molecule has 2 aliphatic rings. The van der Waals surface area contributed by atoms with Gasteiger partial charge in [-0.25, -0.2) is 4.39 Å². The first kappa shape index (κ1) is 15.3. The number of nitrogens with one attached hydrogen (secondary N) is 1. The molecule has 3 atom stereocenters. The number of hydrazine groups is 1. The van der Waals surface area contributed by atoms with Gasteiger partial charge in [0.2, 0.25) is 0 Å². The Morgan fingerprint density at radius 2 is 2.24 bits per heavy atom. The Labute approximate surface area is 129 Å². The molecule has 3 N–H and O–H groups in total. The van der Waals surface area contributed by atoms with Gasteiger partial charge >= 0.3 is 0 Å². The molecular weight excluding hydrogens is 287 g/mol. The lowest BCUT2D eigenvalue weighted by Gasteiger charge is -2.40. The van der Waals surface area contributed by atoms with Crippen molar-refractivity contribution in [1.82, 2.24) is 5.43 Å². The monoisotopic (exact) mass is 310 g/mol. The number of hydrogen-bond donors (Lipinski definition) is 2. The van der Waals surface area contributed by atoms with Crippen molar-refractivity contribution >= 4 is 11.8 Å². The highest BCUT2D eigenvalue weighted by Crippen LogP contribution is 2.41. The van der Waals surface area contributed by atoms with Gasteiger partial charge in [0, 0.05) is 18.4 Å². The summed E-state index contributed by atoms with van der Waals surface area (Å²) >= 11 is 1.99. The quantitative estimate of drug-likeness (QED) is 0.663. The summed E-state index contributed by atoms with van der Waals surface area (Å²) in [6.45, 7) is 0.826. The first-order valence-electron chi connectivity index (χ1n) is 7.63. The van der Waals surface area contributed by atoms with Gasteiger partial charge in [0.25, 0.3) is 0 Å². The van der Waals surface area contributed by atoms with Gasteiger partial charge in [0.15, 0.2) is 0 Å². The van der Waals surface area contributed by atoms with E-state index in [1.54, 1.807) is 0 Å². The molecule has 0 amide bonds. The molecule has 5 heteroatoms. The number of rotatable bonds is 4. The van der Waals surface area contributed by atoms with Crippen molar-refractivity contribution in [2.24, 2.45) is 11.8 Å². The van der Waals surface area contributed by atoms with Crippen molar-refractivity contribution in [3.8, 4) is 0 Å². The minimum Gasteiger partial charge on any atom is -0.374 e. The number of ether oxygens (including phenoxy) is 1. The zero-order chi connectivity index (χ0) is 14.7. The number of nitrogens with two attached hydrogens (primary N) is 1. The Kier molecular flexibility index (Phi) is 4.84. The fourth-order valence-electron chi connectivity index (χ4n) is 3.51. The lowest BCUT2D eigenvalue weighted by molar-refractivity contribution is -0.0850. The lowest BCUT2D eigenvalue weighted by atomic mass is 9.79. The normalized spacial score (nSPS) is 30.7. The predicted octanol–water partition coefficient (Wildman–Crippen LogP) is 2.50. The van der Waals surface area contributed by atoms with E-state index >= 15 is 0 Å². The summed E-state index contributed by atoms with van der Waals surface area (Å²) in [7, 11) is 0. The molecule has 21 heavy (non-hydrogen) atoms. The molecule has 0 bridgehead atoms. The summed E-state index contributed by atoms with van der Waals surface area (Å²) in [5, 5.41) is 0. The van der Waals surface area contributed by atoms with Crippen LogP contribution in [0, 0.1) is 11.7 Å². The summed E-state index contributed by atoms with van der Waals surface area (Å²) in [5.41, 5.74) is 4.19. The van der Waals surface area contributed by atoms with Crippen molar-refractivity contribution in [2.75, 3.05) is 18.1 Å². The molecule has 2 saturated heterocycles. The Hall–Kier alpha value is -0.620. The molecule has 0 aromatic heterocycles. The summed E-state index contributed by atoms with van der Waals surface area (Å²) in [6, 6.07) is 6.95. The van der Waals surface area contributed by atoms with E-state index in [4.69, 9.17) is 10.6 Å². The van der Waals surface area contributed by atoms with Gasteiger partial charge in [-0.3, -0.25) is 11.3 Å². The highest BCUT2D eigenvalue weighted by Gasteiger charge is 2.42. The third-order valence-corrected chi connectivity index (χ3v) is 5.97. The molecule has 116 valence electrons. The molecule has 2 fully saturated rings. The molecule has 0 saturated carbocycles. The van der Waals surface area contributed by atoms with E-state index in [1.807, 2.05) is 23.9 Å². The predicted molar refractivity (Wildman–Crippen MR) is 84.6 cm³/mol.